The van der Waals surface area contributed by atoms with Gasteiger partial charge in [0.05, 0.1) is 11.7 Å². The monoisotopic (exact) mass is 238 g/mol. The maximum Gasteiger partial charge on any atom is 0.0983 e. The van der Waals surface area contributed by atoms with Gasteiger partial charge in [-0.3, -0.25) is 0 Å². The molecule has 92 valence electrons. The van der Waals surface area contributed by atoms with Crippen molar-refractivity contribution in [3.8, 4) is 0 Å². The van der Waals surface area contributed by atoms with E-state index in [4.69, 9.17) is 4.74 Å². The van der Waals surface area contributed by atoms with E-state index in [1.54, 1.807) is 0 Å². The third kappa shape index (κ3) is 1.16. The fourth-order valence-electron chi connectivity index (χ4n) is 4.04. The first-order valence-corrected chi connectivity index (χ1v) is 6.83. The second-order valence-corrected chi connectivity index (χ2v) is 5.94. The van der Waals surface area contributed by atoms with Gasteiger partial charge < -0.3 is 4.74 Å². The Kier molecular flexibility index (Phi) is 1.97. The van der Waals surface area contributed by atoms with Gasteiger partial charge in [-0.15, -0.1) is 0 Å². The Labute approximate surface area is 108 Å². The molecule has 0 aromatic heterocycles. The molecular weight excluding hydrogens is 220 g/mol. The van der Waals surface area contributed by atoms with Gasteiger partial charge in [-0.05, 0) is 37.0 Å². The van der Waals surface area contributed by atoms with Gasteiger partial charge in [0.25, 0.3) is 0 Å². The number of benzene rings is 1. The summed E-state index contributed by atoms with van der Waals surface area (Å²) in [6.07, 6.45) is 8.45. The van der Waals surface area contributed by atoms with E-state index in [1.807, 2.05) is 0 Å². The fraction of sp³-hybridized carbons (Fsp3) is 0.412. The Balaban J connectivity index is 1.92. The molecule has 0 unspecified atom stereocenters. The summed E-state index contributed by atoms with van der Waals surface area (Å²) in [7, 11) is 0. The van der Waals surface area contributed by atoms with Crippen molar-refractivity contribution < 1.29 is 4.74 Å². The Morgan fingerprint density at radius 2 is 2.11 bits per heavy atom. The van der Waals surface area contributed by atoms with Crippen LogP contribution in [0.3, 0.4) is 0 Å². The van der Waals surface area contributed by atoms with Gasteiger partial charge >= 0.3 is 0 Å². The van der Waals surface area contributed by atoms with Crippen molar-refractivity contribution >= 4 is 5.57 Å². The molecule has 0 radical (unpaired) electrons. The minimum atomic E-state index is -0.129. The van der Waals surface area contributed by atoms with E-state index in [0.29, 0.717) is 17.9 Å². The van der Waals surface area contributed by atoms with Gasteiger partial charge in [0.1, 0.15) is 0 Å². The molecule has 1 aromatic rings. The second kappa shape index (κ2) is 3.36. The lowest BCUT2D eigenvalue weighted by molar-refractivity contribution is -0.0275. The van der Waals surface area contributed by atoms with Gasteiger partial charge in [0, 0.05) is 11.8 Å². The molecule has 1 aromatic carbocycles. The van der Waals surface area contributed by atoms with Crippen molar-refractivity contribution in [3.05, 3.63) is 53.6 Å². The quantitative estimate of drug-likeness (QED) is 0.623. The summed E-state index contributed by atoms with van der Waals surface area (Å²) in [6.45, 7) is 4.50. The van der Waals surface area contributed by atoms with Crippen LogP contribution >= 0.6 is 0 Å². The average Bonchev–Trinajstić information content (AvgIpc) is 2.91. The fourth-order valence-corrected chi connectivity index (χ4v) is 4.04. The highest BCUT2D eigenvalue weighted by Crippen LogP contribution is 2.55. The number of fused-ring (bicyclic) bond motifs is 5. The van der Waals surface area contributed by atoms with E-state index in [-0.39, 0.29) is 5.60 Å². The van der Waals surface area contributed by atoms with Crippen molar-refractivity contribution in [2.45, 2.75) is 32.0 Å². The summed E-state index contributed by atoms with van der Waals surface area (Å²) < 4.78 is 6.42. The van der Waals surface area contributed by atoms with E-state index in [9.17, 15) is 0 Å². The number of ether oxygens (including phenoxy) is 1. The predicted octanol–water partition coefficient (Wildman–Crippen LogP) is 3.91. The SMILES string of the molecule is CC1=C[C@H]2[C@H]3CC=C[C@H]3O[C@@]2(C)c2ccccc21. The Hall–Kier alpha value is -1.34. The molecule has 4 atom stereocenters. The van der Waals surface area contributed by atoms with Gasteiger partial charge in [0.15, 0.2) is 0 Å². The molecule has 0 spiro atoms. The van der Waals surface area contributed by atoms with Gasteiger partial charge in [-0.2, -0.15) is 0 Å². The molecule has 0 N–H and O–H groups in total. The van der Waals surface area contributed by atoms with Crippen LogP contribution in [0.4, 0.5) is 0 Å². The van der Waals surface area contributed by atoms with Crippen molar-refractivity contribution in [2.75, 3.05) is 0 Å². The van der Waals surface area contributed by atoms with E-state index < -0.39 is 0 Å². The van der Waals surface area contributed by atoms with Crippen LogP contribution in [-0.2, 0) is 10.3 Å². The molecule has 4 rings (SSSR count). The van der Waals surface area contributed by atoms with E-state index >= 15 is 0 Å². The highest BCUT2D eigenvalue weighted by Gasteiger charge is 2.53. The van der Waals surface area contributed by atoms with Crippen molar-refractivity contribution in [2.24, 2.45) is 11.8 Å². The third-order valence-electron chi connectivity index (χ3n) is 4.95. The molecule has 3 aliphatic rings. The molecule has 0 bridgehead atoms. The maximum absolute atomic E-state index is 6.42. The number of hydrogen-bond donors (Lipinski definition) is 0. The summed E-state index contributed by atoms with van der Waals surface area (Å²) in [5.41, 5.74) is 4.01. The second-order valence-electron chi connectivity index (χ2n) is 5.94. The van der Waals surface area contributed by atoms with Crippen molar-refractivity contribution in [1.29, 1.82) is 0 Å². The molecule has 0 amide bonds. The summed E-state index contributed by atoms with van der Waals surface area (Å²) in [6, 6.07) is 8.71. The zero-order valence-electron chi connectivity index (χ0n) is 10.9. The van der Waals surface area contributed by atoms with Crippen LogP contribution in [0.1, 0.15) is 31.4 Å². The van der Waals surface area contributed by atoms with Crippen LogP contribution < -0.4 is 0 Å². The summed E-state index contributed by atoms with van der Waals surface area (Å²) >= 11 is 0. The Morgan fingerprint density at radius 3 is 3.00 bits per heavy atom. The summed E-state index contributed by atoms with van der Waals surface area (Å²) in [5, 5.41) is 0. The van der Waals surface area contributed by atoms with Crippen LogP contribution in [0.25, 0.3) is 5.57 Å². The highest BCUT2D eigenvalue weighted by molar-refractivity contribution is 5.71. The van der Waals surface area contributed by atoms with Gasteiger partial charge in [-0.1, -0.05) is 42.5 Å². The first kappa shape index (κ1) is 10.6. The highest BCUT2D eigenvalue weighted by atomic mass is 16.5. The Bertz CT molecular complexity index is 569. The molecule has 1 nitrogen and oxygen atoms in total. The zero-order chi connectivity index (χ0) is 12.3. The lowest BCUT2D eigenvalue weighted by Crippen LogP contribution is -2.33. The average molecular weight is 238 g/mol. The van der Waals surface area contributed by atoms with Crippen LogP contribution in [-0.4, -0.2) is 6.10 Å². The topological polar surface area (TPSA) is 9.23 Å². The molecule has 2 aliphatic carbocycles. The number of hydrogen-bond acceptors (Lipinski definition) is 1. The predicted molar refractivity (Wildman–Crippen MR) is 73.1 cm³/mol. The summed E-state index contributed by atoms with van der Waals surface area (Å²) in [5.74, 6) is 1.16. The van der Waals surface area contributed by atoms with E-state index in [2.05, 4.69) is 56.3 Å². The first-order valence-electron chi connectivity index (χ1n) is 6.83. The standard InChI is InChI=1S/C17H18O/c1-11-10-15-13-7-5-9-16(13)18-17(15,2)14-8-4-3-6-12(11)14/h3-6,8-10,13,15-16H,7H2,1-2H3/t13-,15+,16-,17+/m1/s1. The third-order valence-corrected chi connectivity index (χ3v) is 4.95. The largest absolute Gasteiger partial charge is 0.362 e. The molecule has 1 heterocycles. The van der Waals surface area contributed by atoms with Gasteiger partial charge in [-0.25, -0.2) is 0 Å². The molecule has 1 aliphatic heterocycles. The zero-order valence-corrected chi connectivity index (χ0v) is 10.9. The van der Waals surface area contributed by atoms with Crippen LogP contribution in [0.2, 0.25) is 0 Å². The van der Waals surface area contributed by atoms with E-state index in [1.165, 1.54) is 16.7 Å². The molecule has 0 saturated carbocycles. The molecule has 1 saturated heterocycles. The number of rotatable bonds is 0. The maximum atomic E-state index is 6.42. The molecule has 1 heteroatoms. The summed E-state index contributed by atoms with van der Waals surface area (Å²) in [4.78, 5) is 0. The Morgan fingerprint density at radius 1 is 1.28 bits per heavy atom. The molecular formula is C17H18O. The smallest absolute Gasteiger partial charge is 0.0983 e. The molecule has 18 heavy (non-hydrogen) atoms. The lowest BCUT2D eigenvalue weighted by atomic mass is 9.70. The number of allylic oxidation sites excluding steroid dienone is 2. The minimum Gasteiger partial charge on any atom is -0.362 e. The lowest BCUT2D eigenvalue weighted by Gasteiger charge is -2.37. The van der Waals surface area contributed by atoms with Gasteiger partial charge in [0.2, 0.25) is 0 Å². The molecule has 1 fully saturated rings. The van der Waals surface area contributed by atoms with E-state index in [0.717, 1.165) is 6.42 Å². The van der Waals surface area contributed by atoms with Crippen molar-refractivity contribution in [1.82, 2.24) is 0 Å². The van der Waals surface area contributed by atoms with Crippen LogP contribution in [0, 0.1) is 11.8 Å². The minimum absolute atomic E-state index is 0.129. The van der Waals surface area contributed by atoms with Crippen LogP contribution in [0.15, 0.2) is 42.5 Å². The first-order chi connectivity index (χ1) is 8.70. The normalized spacial score (nSPS) is 40.1. The van der Waals surface area contributed by atoms with Crippen LogP contribution in [0.5, 0.6) is 0 Å². The van der Waals surface area contributed by atoms with Crippen molar-refractivity contribution in [3.63, 3.8) is 0 Å².